The average Bonchev–Trinajstić information content (AvgIpc) is 2.61. The fraction of sp³-hybridized carbons (Fsp3) is 0.263. The number of anilines is 2. The number of urea groups is 1. The third-order valence-corrected chi connectivity index (χ3v) is 3.40. The number of nitriles is 1. The molecule has 0 spiro atoms. The first-order valence-electron chi connectivity index (χ1n) is 8.10. The fourth-order valence-corrected chi connectivity index (χ4v) is 2.22. The van der Waals surface area contributed by atoms with Gasteiger partial charge in [-0.05, 0) is 62.6 Å². The van der Waals surface area contributed by atoms with Gasteiger partial charge >= 0.3 is 6.03 Å². The van der Waals surface area contributed by atoms with Crippen molar-refractivity contribution in [2.45, 2.75) is 6.10 Å². The zero-order valence-electron chi connectivity index (χ0n) is 14.8. The van der Waals surface area contributed by atoms with Crippen LogP contribution in [-0.2, 0) is 0 Å². The number of carbonyl (C=O) groups is 1. The molecule has 0 aliphatic rings. The second kappa shape index (κ2) is 9.42. The lowest BCUT2D eigenvalue weighted by atomic mass is 10.2. The van der Waals surface area contributed by atoms with Crippen molar-refractivity contribution in [2.24, 2.45) is 0 Å². The summed E-state index contributed by atoms with van der Waals surface area (Å²) in [6.45, 7) is 0.722. The summed E-state index contributed by atoms with van der Waals surface area (Å²) in [4.78, 5) is 13.9. The van der Waals surface area contributed by atoms with E-state index < -0.39 is 6.10 Å². The molecule has 3 N–H and O–H groups in total. The van der Waals surface area contributed by atoms with Crippen molar-refractivity contribution in [1.29, 1.82) is 5.26 Å². The molecule has 7 nitrogen and oxygen atoms in total. The number of likely N-dealkylation sites (N-methyl/N-ethyl adjacent to an activating group) is 1. The van der Waals surface area contributed by atoms with Gasteiger partial charge in [0.05, 0.1) is 11.6 Å². The van der Waals surface area contributed by atoms with Crippen LogP contribution in [0.2, 0.25) is 0 Å². The smallest absolute Gasteiger partial charge is 0.323 e. The lowest BCUT2D eigenvalue weighted by Gasteiger charge is -2.16. The molecule has 0 aromatic heterocycles. The highest BCUT2D eigenvalue weighted by atomic mass is 16.5. The Kier molecular flexibility index (Phi) is 6.97. The standard InChI is InChI=1S/C19H22N4O3/c1-23(2)12-17(24)13-26-18-9-7-16(8-10-18)22-19(25)21-15-5-3-14(11-20)4-6-15/h3-10,17,24H,12-13H2,1-2H3,(H2,21,22,25). The fourth-order valence-electron chi connectivity index (χ4n) is 2.22. The van der Waals surface area contributed by atoms with E-state index >= 15 is 0 Å². The molecule has 2 aromatic carbocycles. The molecule has 0 saturated carbocycles. The molecule has 1 unspecified atom stereocenters. The highest BCUT2D eigenvalue weighted by molar-refractivity contribution is 5.99. The highest BCUT2D eigenvalue weighted by Gasteiger charge is 2.07. The minimum atomic E-state index is -0.569. The van der Waals surface area contributed by atoms with Crippen LogP contribution in [0.25, 0.3) is 0 Å². The normalized spacial score (nSPS) is 11.5. The van der Waals surface area contributed by atoms with Gasteiger partial charge in [-0.25, -0.2) is 4.79 Å². The largest absolute Gasteiger partial charge is 0.491 e. The van der Waals surface area contributed by atoms with Crippen molar-refractivity contribution in [2.75, 3.05) is 37.9 Å². The van der Waals surface area contributed by atoms with E-state index in [1.54, 1.807) is 48.5 Å². The van der Waals surface area contributed by atoms with Crippen LogP contribution < -0.4 is 15.4 Å². The summed E-state index contributed by atoms with van der Waals surface area (Å²) in [6.07, 6.45) is -0.569. The Labute approximate surface area is 152 Å². The monoisotopic (exact) mass is 354 g/mol. The Hall–Kier alpha value is -3.08. The third-order valence-electron chi connectivity index (χ3n) is 3.40. The van der Waals surface area contributed by atoms with Crippen molar-refractivity contribution in [3.8, 4) is 11.8 Å². The van der Waals surface area contributed by atoms with Crippen LogP contribution in [0.3, 0.4) is 0 Å². The number of carbonyl (C=O) groups excluding carboxylic acids is 1. The SMILES string of the molecule is CN(C)CC(O)COc1ccc(NC(=O)Nc2ccc(C#N)cc2)cc1. The first-order valence-corrected chi connectivity index (χ1v) is 8.10. The van der Waals surface area contributed by atoms with E-state index in [9.17, 15) is 9.90 Å². The molecule has 0 fully saturated rings. The molecule has 0 saturated heterocycles. The Morgan fingerprint density at radius 3 is 2.15 bits per heavy atom. The van der Waals surface area contributed by atoms with E-state index in [1.165, 1.54) is 0 Å². The summed E-state index contributed by atoms with van der Waals surface area (Å²) in [5, 5.41) is 23.9. The van der Waals surface area contributed by atoms with Gasteiger partial charge in [0, 0.05) is 17.9 Å². The van der Waals surface area contributed by atoms with Crippen LogP contribution in [-0.4, -0.2) is 49.4 Å². The number of nitrogens with zero attached hydrogens (tertiary/aromatic N) is 2. The predicted molar refractivity (Wildman–Crippen MR) is 100 cm³/mol. The summed E-state index contributed by atoms with van der Waals surface area (Å²) in [5.74, 6) is 0.612. The van der Waals surface area contributed by atoms with Gasteiger partial charge < -0.3 is 25.4 Å². The lowest BCUT2D eigenvalue weighted by Crippen LogP contribution is -2.30. The molecule has 0 radical (unpaired) electrons. The van der Waals surface area contributed by atoms with Crippen LogP contribution in [0.4, 0.5) is 16.2 Å². The van der Waals surface area contributed by atoms with Gasteiger partial charge in [-0.1, -0.05) is 0 Å². The Morgan fingerprint density at radius 1 is 1.12 bits per heavy atom. The second-order valence-corrected chi connectivity index (χ2v) is 6.02. The second-order valence-electron chi connectivity index (χ2n) is 6.02. The molecule has 0 bridgehead atoms. The summed E-state index contributed by atoms with van der Waals surface area (Å²) in [5.41, 5.74) is 1.73. The van der Waals surface area contributed by atoms with Crippen molar-refractivity contribution in [1.82, 2.24) is 4.90 Å². The summed E-state index contributed by atoms with van der Waals surface area (Å²) in [6, 6.07) is 15.1. The van der Waals surface area contributed by atoms with Crippen LogP contribution in [0.15, 0.2) is 48.5 Å². The number of nitrogens with one attached hydrogen (secondary N) is 2. The first-order chi connectivity index (χ1) is 12.5. The maximum Gasteiger partial charge on any atom is 0.323 e. The first kappa shape index (κ1) is 19.2. The molecule has 0 aliphatic carbocycles. The van der Waals surface area contributed by atoms with Crippen molar-refractivity contribution in [3.63, 3.8) is 0 Å². The van der Waals surface area contributed by atoms with E-state index in [-0.39, 0.29) is 12.6 Å². The molecule has 1 atom stereocenters. The van der Waals surface area contributed by atoms with Gasteiger partial charge in [-0.15, -0.1) is 0 Å². The van der Waals surface area contributed by atoms with Gasteiger partial charge in [-0.2, -0.15) is 5.26 Å². The van der Waals surface area contributed by atoms with Crippen LogP contribution in [0.5, 0.6) is 5.75 Å². The number of aliphatic hydroxyl groups excluding tert-OH is 1. The molecular formula is C19H22N4O3. The van der Waals surface area contributed by atoms with E-state index in [0.29, 0.717) is 29.2 Å². The molecule has 26 heavy (non-hydrogen) atoms. The number of hydrogen-bond acceptors (Lipinski definition) is 5. The Bertz CT molecular complexity index is 752. The summed E-state index contributed by atoms with van der Waals surface area (Å²) >= 11 is 0. The van der Waals surface area contributed by atoms with Crippen molar-refractivity contribution in [3.05, 3.63) is 54.1 Å². The predicted octanol–water partition coefficient (Wildman–Crippen LogP) is 2.50. The van der Waals surface area contributed by atoms with E-state index in [0.717, 1.165) is 0 Å². The Balaban J connectivity index is 1.82. The summed E-state index contributed by atoms with van der Waals surface area (Å²) in [7, 11) is 3.76. The number of aliphatic hydroxyl groups is 1. The Morgan fingerprint density at radius 2 is 1.65 bits per heavy atom. The number of ether oxygens (including phenoxy) is 1. The van der Waals surface area contributed by atoms with Crippen molar-refractivity contribution >= 4 is 17.4 Å². The van der Waals surface area contributed by atoms with Gasteiger partial charge in [0.1, 0.15) is 18.5 Å². The third kappa shape index (κ3) is 6.43. The molecule has 2 aromatic rings. The minimum absolute atomic E-state index is 0.199. The maximum atomic E-state index is 12.0. The van der Waals surface area contributed by atoms with Crippen LogP contribution in [0.1, 0.15) is 5.56 Å². The van der Waals surface area contributed by atoms with Crippen LogP contribution in [0, 0.1) is 11.3 Å². The van der Waals surface area contributed by atoms with Crippen LogP contribution >= 0.6 is 0 Å². The zero-order chi connectivity index (χ0) is 18.9. The molecule has 0 heterocycles. The van der Waals surface area contributed by atoms with Gasteiger partial charge in [0.15, 0.2) is 0 Å². The van der Waals surface area contributed by atoms with E-state index in [1.807, 2.05) is 25.1 Å². The number of benzene rings is 2. The average molecular weight is 354 g/mol. The lowest BCUT2D eigenvalue weighted by molar-refractivity contribution is 0.0831. The molecular weight excluding hydrogens is 332 g/mol. The quantitative estimate of drug-likeness (QED) is 0.710. The van der Waals surface area contributed by atoms with E-state index in [4.69, 9.17) is 10.00 Å². The topological polar surface area (TPSA) is 97.6 Å². The number of hydrogen-bond donors (Lipinski definition) is 3. The minimum Gasteiger partial charge on any atom is -0.491 e. The number of rotatable bonds is 7. The molecule has 136 valence electrons. The molecule has 2 rings (SSSR count). The van der Waals surface area contributed by atoms with Gasteiger partial charge in [-0.3, -0.25) is 0 Å². The maximum absolute atomic E-state index is 12.0. The molecule has 2 amide bonds. The van der Waals surface area contributed by atoms with E-state index in [2.05, 4.69) is 10.6 Å². The zero-order valence-corrected chi connectivity index (χ0v) is 14.8. The van der Waals surface area contributed by atoms with Gasteiger partial charge in [0.2, 0.25) is 0 Å². The van der Waals surface area contributed by atoms with Crippen molar-refractivity contribution < 1.29 is 14.6 Å². The molecule has 0 aliphatic heterocycles. The number of amides is 2. The highest BCUT2D eigenvalue weighted by Crippen LogP contribution is 2.16. The van der Waals surface area contributed by atoms with Gasteiger partial charge in [0.25, 0.3) is 0 Å². The summed E-state index contributed by atoms with van der Waals surface area (Å²) < 4.78 is 5.51. The molecule has 7 heteroatoms.